The lowest BCUT2D eigenvalue weighted by molar-refractivity contribution is -0.133. The van der Waals surface area contributed by atoms with Crippen molar-refractivity contribution in [3.8, 4) is 0 Å². The van der Waals surface area contributed by atoms with E-state index in [2.05, 4.69) is 28.1 Å². The van der Waals surface area contributed by atoms with Crippen molar-refractivity contribution < 1.29 is 9.59 Å². The van der Waals surface area contributed by atoms with Gasteiger partial charge in [-0.15, -0.1) is 0 Å². The third-order valence-electron chi connectivity index (χ3n) is 4.59. The van der Waals surface area contributed by atoms with Crippen LogP contribution in [-0.4, -0.2) is 16.4 Å². The number of benzene rings is 1. The maximum Gasteiger partial charge on any atom is 0.156 e. The average molecular weight is 333 g/mol. The summed E-state index contributed by atoms with van der Waals surface area (Å²) >= 11 is 3.51. The van der Waals surface area contributed by atoms with Crippen molar-refractivity contribution in [3.63, 3.8) is 0 Å². The number of alkyl halides is 1. The summed E-state index contributed by atoms with van der Waals surface area (Å²) in [6.07, 6.45) is 6.47. The first kappa shape index (κ1) is 13.7. The van der Waals surface area contributed by atoms with E-state index in [0.717, 1.165) is 18.4 Å². The molecule has 104 valence electrons. The van der Waals surface area contributed by atoms with Crippen LogP contribution in [-0.2, 0) is 16.0 Å². The highest BCUT2D eigenvalue weighted by Crippen LogP contribution is 2.48. The number of halogens is 1. The molecule has 0 aromatic heterocycles. The second kappa shape index (κ2) is 5.28. The maximum absolute atomic E-state index is 12.8. The summed E-state index contributed by atoms with van der Waals surface area (Å²) < 4.78 is 0. The minimum Gasteiger partial charge on any atom is -0.297 e. The number of carbonyl (C=O) groups is 2. The van der Waals surface area contributed by atoms with Crippen molar-refractivity contribution in [2.24, 2.45) is 11.3 Å². The molecule has 0 heterocycles. The van der Waals surface area contributed by atoms with Gasteiger partial charge in [-0.2, -0.15) is 0 Å². The fourth-order valence-electron chi connectivity index (χ4n) is 3.51. The first-order valence-electron chi connectivity index (χ1n) is 7.06. The van der Waals surface area contributed by atoms with Gasteiger partial charge in [-0.25, -0.2) is 0 Å². The highest BCUT2D eigenvalue weighted by molar-refractivity contribution is 9.10. The number of allylic oxidation sites excluding steroid dienone is 2. The Balaban J connectivity index is 2.01. The zero-order chi connectivity index (χ0) is 14.2. The second-order valence-electron chi connectivity index (χ2n) is 5.81. The molecule has 0 amide bonds. The van der Waals surface area contributed by atoms with E-state index in [-0.39, 0.29) is 22.3 Å². The van der Waals surface area contributed by atoms with Crippen LogP contribution in [0.1, 0.15) is 24.8 Å². The third kappa shape index (κ3) is 2.28. The molecular formula is C17H17BrO2. The molecule has 3 rings (SSSR count). The standard InChI is InChI=1S/C17H17BrO2/c18-15-7-6-13-10-14(19)8-9-17(13,16(15)20)11-12-4-2-1-3-5-12/h1-5,8-9,13,15H,6-7,10-11H2. The number of hydrogen-bond acceptors (Lipinski definition) is 2. The van der Waals surface area contributed by atoms with Gasteiger partial charge in [-0.3, -0.25) is 9.59 Å². The monoisotopic (exact) mass is 332 g/mol. The van der Waals surface area contributed by atoms with E-state index in [1.54, 1.807) is 6.08 Å². The molecule has 0 spiro atoms. The summed E-state index contributed by atoms with van der Waals surface area (Å²) in [5.74, 6) is 0.544. The molecule has 3 unspecified atom stereocenters. The van der Waals surface area contributed by atoms with E-state index in [9.17, 15) is 9.59 Å². The van der Waals surface area contributed by atoms with E-state index in [1.807, 2.05) is 24.3 Å². The van der Waals surface area contributed by atoms with Crippen LogP contribution < -0.4 is 0 Å². The molecule has 1 aromatic rings. The lowest BCUT2D eigenvalue weighted by Gasteiger charge is -2.44. The van der Waals surface area contributed by atoms with Crippen LogP contribution in [0.5, 0.6) is 0 Å². The maximum atomic E-state index is 12.8. The molecule has 0 saturated heterocycles. The van der Waals surface area contributed by atoms with Crippen LogP contribution in [0.15, 0.2) is 42.5 Å². The summed E-state index contributed by atoms with van der Waals surface area (Å²) in [5.41, 5.74) is 0.660. The lowest BCUT2D eigenvalue weighted by Crippen LogP contribution is -2.49. The molecule has 2 aliphatic rings. The number of ketones is 2. The largest absolute Gasteiger partial charge is 0.297 e. The van der Waals surface area contributed by atoms with Crippen LogP contribution in [0.3, 0.4) is 0 Å². The Morgan fingerprint density at radius 1 is 1.15 bits per heavy atom. The van der Waals surface area contributed by atoms with Gasteiger partial charge < -0.3 is 0 Å². The van der Waals surface area contributed by atoms with Gasteiger partial charge in [0.15, 0.2) is 11.6 Å². The van der Waals surface area contributed by atoms with Gasteiger partial charge in [0.05, 0.1) is 10.2 Å². The summed E-state index contributed by atoms with van der Waals surface area (Å²) in [6.45, 7) is 0. The topological polar surface area (TPSA) is 34.1 Å². The average Bonchev–Trinajstić information content (AvgIpc) is 2.46. The van der Waals surface area contributed by atoms with E-state index < -0.39 is 5.41 Å². The summed E-state index contributed by atoms with van der Waals surface area (Å²) in [5, 5.41) is 0. The molecule has 0 N–H and O–H groups in total. The van der Waals surface area contributed by atoms with Crippen LogP contribution >= 0.6 is 15.9 Å². The van der Waals surface area contributed by atoms with E-state index >= 15 is 0 Å². The number of Topliss-reactive ketones (excluding diaryl/α,β-unsaturated/α-hetero) is 1. The Morgan fingerprint density at radius 3 is 2.65 bits per heavy atom. The first-order chi connectivity index (χ1) is 9.62. The molecule has 1 fully saturated rings. The van der Waals surface area contributed by atoms with Crippen LogP contribution in [0, 0.1) is 11.3 Å². The van der Waals surface area contributed by atoms with Gasteiger partial charge in [-0.05, 0) is 36.8 Å². The smallest absolute Gasteiger partial charge is 0.156 e. The molecule has 3 heteroatoms. The summed E-state index contributed by atoms with van der Waals surface area (Å²) in [4.78, 5) is 24.4. The van der Waals surface area contributed by atoms with Crippen molar-refractivity contribution in [2.45, 2.75) is 30.5 Å². The Kier molecular flexibility index (Phi) is 3.63. The normalized spacial score (nSPS) is 33.0. The van der Waals surface area contributed by atoms with Crippen LogP contribution in [0.25, 0.3) is 0 Å². The van der Waals surface area contributed by atoms with Crippen molar-refractivity contribution in [1.82, 2.24) is 0 Å². The molecule has 1 saturated carbocycles. The minimum absolute atomic E-state index is 0.0830. The predicted octanol–water partition coefficient (Wildman–Crippen LogP) is 3.49. The Hall–Kier alpha value is -1.22. The first-order valence-corrected chi connectivity index (χ1v) is 7.98. The predicted molar refractivity (Wildman–Crippen MR) is 81.8 cm³/mol. The Bertz CT molecular complexity index is 564. The quantitative estimate of drug-likeness (QED) is 0.777. The van der Waals surface area contributed by atoms with Crippen molar-refractivity contribution in [1.29, 1.82) is 0 Å². The highest BCUT2D eigenvalue weighted by Gasteiger charge is 2.50. The molecule has 3 atom stereocenters. The van der Waals surface area contributed by atoms with Gasteiger partial charge in [0.1, 0.15) is 0 Å². The molecular weight excluding hydrogens is 316 g/mol. The van der Waals surface area contributed by atoms with Gasteiger partial charge in [0.2, 0.25) is 0 Å². The zero-order valence-corrected chi connectivity index (χ0v) is 12.8. The van der Waals surface area contributed by atoms with Crippen molar-refractivity contribution in [3.05, 3.63) is 48.0 Å². The fraction of sp³-hybridized carbons (Fsp3) is 0.412. The van der Waals surface area contributed by atoms with Crippen molar-refractivity contribution in [2.75, 3.05) is 0 Å². The molecule has 2 aliphatic carbocycles. The van der Waals surface area contributed by atoms with Crippen molar-refractivity contribution >= 4 is 27.5 Å². The number of hydrogen-bond donors (Lipinski definition) is 0. The minimum atomic E-state index is -0.498. The number of carbonyl (C=O) groups excluding carboxylic acids is 2. The molecule has 2 nitrogen and oxygen atoms in total. The molecule has 0 radical (unpaired) electrons. The molecule has 0 aliphatic heterocycles. The van der Waals surface area contributed by atoms with Gasteiger partial charge in [-0.1, -0.05) is 52.3 Å². The van der Waals surface area contributed by atoms with Crippen LogP contribution in [0.4, 0.5) is 0 Å². The Labute approximate surface area is 127 Å². The third-order valence-corrected chi connectivity index (χ3v) is 5.47. The Morgan fingerprint density at radius 2 is 1.90 bits per heavy atom. The highest BCUT2D eigenvalue weighted by atomic mass is 79.9. The zero-order valence-electron chi connectivity index (χ0n) is 11.2. The SMILES string of the molecule is O=C1C=CC2(Cc3ccccc3)C(=O)C(Br)CCC2C1. The van der Waals surface area contributed by atoms with Gasteiger partial charge in [0.25, 0.3) is 0 Å². The summed E-state index contributed by atoms with van der Waals surface area (Å²) in [6, 6.07) is 10.1. The molecule has 0 bridgehead atoms. The second-order valence-corrected chi connectivity index (χ2v) is 6.92. The van der Waals surface area contributed by atoms with Gasteiger partial charge in [0, 0.05) is 6.42 Å². The van der Waals surface area contributed by atoms with Crippen LogP contribution in [0.2, 0.25) is 0 Å². The fourth-order valence-corrected chi connectivity index (χ4v) is 4.20. The van der Waals surface area contributed by atoms with E-state index in [1.165, 1.54) is 0 Å². The summed E-state index contributed by atoms with van der Waals surface area (Å²) in [7, 11) is 0. The van der Waals surface area contributed by atoms with Gasteiger partial charge >= 0.3 is 0 Å². The molecule has 1 aromatic carbocycles. The number of fused-ring (bicyclic) bond motifs is 1. The number of rotatable bonds is 2. The lowest BCUT2D eigenvalue weighted by atomic mass is 9.59. The van der Waals surface area contributed by atoms with E-state index in [0.29, 0.717) is 12.8 Å². The van der Waals surface area contributed by atoms with E-state index in [4.69, 9.17) is 0 Å². The molecule has 20 heavy (non-hydrogen) atoms.